The summed E-state index contributed by atoms with van der Waals surface area (Å²) < 4.78 is 5.30. The molecule has 0 fully saturated rings. The van der Waals surface area contributed by atoms with E-state index >= 15 is 0 Å². The molecule has 0 saturated carbocycles. The maximum absolute atomic E-state index is 13.8. The van der Waals surface area contributed by atoms with Crippen molar-refractivity contribution in [3.05, 3.63) is 77.9 Å². The molecule has 3 rings (SSSR count). The van der Waals surface area contributed by atoms with Crippen LogP contribution in [0.25, 0.3) is 10.8 Å². The molecule has 0 heterocycles. The molecule has 4 N–H and O–H groups in total. The normalized spacial score (nSPS) is 12.5. The first-order valence-corrected chi connectivity index (χ1v) is 13.4. The van der Waals surface area contributed by atoms with Crippen molar-refractivity contribution < 1.29 is 23.9 Å². The van der Waals surface area contributed by atoms with E-state index in [2.05, 4.69) is 16.7 Å². The van der Waals surface area contributed by atoms with Gasteiger partial charge in [-0.05, 0) is 67.6 Å². The average molecular weight is 557 g/mol. The number of carbonyl (C=O) groups is 4. The SMILES string of the molecule is C#CN(C(=O)C(CCC(N)=O)NC(=O)OC(C)(C)C)C(C(=O)Nc1ccc2ccccc2c1)c1ccc(CC)cc1. The van der Waals surface area contributed by atoms with Crippen LogP contribution in [0, 0.1) is 12.5 Å². The molecule has 0 aliphatic carbocycles. The number of alkyl carbamates (subject to hydrolysis) is 1. The Morgan fingerprint density at radius 3 is 2.24 bits per heavy atom. The Hall–Kier alpha value is -4.84. The fourth-order valence-electron chi connectivity index (χ4n) is 4.26. The van der Waals surface area contributed by atoms with E-state index in [1.165, 1.54) is 0 Å². The number of anilines is 1. The van der Waals surface area contributed by atoms with E-state index in [1.807, 2.05) is 55.5 Å². The summed E-state index contributed by atoms with van der Waals surface area (Å²) in [4.78, 5) is 52.7. The number of nitrogens with zero attached hydrogens (tertiary/aromatic N) is 1. The van der Waals surface area contributed by atoms with Crippen molar-refractivity contribution in [3.63, 3.8) is 0 Å². The van der Waals surface area contributed by atoms with Gasteiger partial charge in [0, 0.05) is 18.2 Å². The van der Waals surface area contributed by atoms with Crippen LogP contribution in [0.5, 0.6) is 0 Å². The third-order valence-electron chi connectivity index (χ3n) is 6.27. The Bertz CT molecular complexity index is 1450. The summed E-state index contributed by atoms with van der Waals surface area (Å²) in [7, 11) is 0. The van der Waals surface area contributed by atoms with E-state index in [1.54, 1.807) is 39.0 Å². The predicted octanol–water partition coefficient (Wildman–Crippen LogP) is 4.66. The summed E-state index contributed by atoms with van der Waals surface area (Å²) in [6, 6.07) is 20.2. The van der Waals surface area contributed by atoms with Crippen LogP contribution in [0.15, 0.2) is 66.7 Å². The topological polar surface area (TPSA) is 131 Å². The molecule has 9 nitrogen and oxygen atoms in total. The van der Waals surface area contributed by atoms with Gasteiger partial charge in [-0.15, -0.1) is 0 Å². The molecule has 4 amide bonds. The van der Waals surface area contributed by atoms with Gasteiger partial charge in [0.05, 0.1) is 0 Å². The van der Waals surface area contributed by atoms with Crippen LogP contribution in [-0.4, -0.2) is 40.4 Å². The quantitative estimate of drug-likeness (QED) is 0.247. The number of primary amides is 1. The predicted molar refractivity (Wildman–Crippen MR) is 158 cm³/mol. The molecule has 0 aliphatic heterocycles. The molecule has 9 heteroatoms. The second kappa shape index (κ2) is 13.5. The molecule has 0 spiro atoms. The van der Waals surface area contributed by atoms with Crippen LogP contribution in [0.4, 0.5) is 10.5 Å². The second-order valence-electron chi connectivity index (χ2n) is 10.6. The van der Waals surface area contributed by atoms with E-state index in [9.17, 15) is 19.2 Å². The van der Waals surface area contributed by atoms with E-state index in [0.29, 0.717) is 11.3 Å². The number of hydrogen-bond acceptors (Lipinski definition) is 5. The zero-order valence-electron chi connectivity index (χ0n) is 23.8. The number of hydrogen-bond donors (Lipinski definition) is 3. The van der Waals surface area contributed by atoms with Crippen LogP contribution >= 0.6 is 0 Å². The minimum atomic E-state index is -1.28. The van der Waals surface area contributed by atoms with Crippen molar-refractivity contribution in [3.8, 4) is 12.5 Å². The van der Waals surface area contributed by atoms with Crippen molar-refractivity contribution in [2.24, 2.45) is 5.73 Å². The number of benzene rings is 3. The highest BCUT2D eigenvalue weighted by Gasteiger charge is 2.36. The highest BCUT2D eigenvalue weighted by molar-refractivity contribution is 6.01. The standard InChI is InChI=1S/C32H36N4O5/c1-6-21-12-14-23(15-13-21)28(29(38)34-25-17-16-22-10-8-9-11-24(22)20-25)36(7-2)30(39)26(18-19-27(33)37)35-31(40)41-32(3,4)5/h2,8-17,20,26,28H,6,18-19H2,1,3-5H3,(H2,33,37)(H,34,38)(H,35,40). The van der Waals surface area contributed by atoms with Gasteiger partial charge in [0.25, 0.3) is 11.8 Å². The third-order valence-corrected chi connectivity index (χ3v) is 6.27. The van der Waals surface area contributed by atoms with Gasteiger partial charge < -0.3 is 21.1 Å². The van der Waals surface area contributed by atoms with Gasteiger partial charge in [0.2, 0.25) is 5.91 Å². The van der Waals surface area contributed by atoms with E-state index in [0.717, 1.165) is 27.7 Å². The molecular weight excluding hydrogens is 520 g/mol. The van der Waals surface area contributed by atoms with Crippen LogP contribution in [0.2, 0.25) is 0 Å². The smallest absolute Gasteiger partial charge is 0.408 e. The van der Waals surface area contributed by atoms with Gasteiger partial charge in [0.1, 0.15) is 17.7 Å². The minimum absolute atomic E-state index is 0.140. The van der Waals surface area contributed by atoms with Crippen LogP contribution in [-0.2, 0) is 25.5 Å². The molecule has 3 aromatic carbocycles. The fourth-order valence-corrected chi connectivity index (χ4v) is 4.26. The van der Waals surface area contributed by atoms with Gasteiger partial charge in [-0.1, -0.05) is 67.9 Å². The van der Waals surface area contributed by atoms with E-state index in [4.69, 9.17) is 16.9 Å². The molecule has 0 aromatic heterocycles. The molecule has 2 unspecified atom stereocenters. The second-order valence-corrected chi connectivity index (χ2v) is 10.6. The number of ether oxygens (including phenoxy) is 1. The summed E-state index contributed by atoms with van der Waals surface area (Å²) in [5.74, 6) is -1.98. The Morgan fingerprint density at radius 1 is 1.00 bits per heavy atom. The fraction of sp³-hybridized carbons (Fsp3) is 0.312. The Kier molecular flexibility index (Phi) is 10.1. The number of nitrogens with one attached hydrogen (secondary N) is 2. The summed E-state index contributed by atoms with van der Waals surface area (Å²) >= 11 is 0. The van der Waals surface area contributed by atoms with Crippen LogP contribution in [0.1, 0.15) is 57.7 Å². The maximum atomic E-state index is 13.8. The average Bonchev–Trinajstić information content (AvgIpc) is 2.92. The number of terminal acetylenes is 1. The number of carbonyl (C=O) groups excluding carboxylic acids is 4. The summed E-state index contributed by atoms with van der Waals surface area (Å²) in [5.41, 5.74) is 6.51. The highest BCUT2D eigenvalue weighted by Crippen LogP contribution is 2.26. The van der Waals surface area contributed by atoms with Crippen molar-refractivity contribution in [1.29, 1.82) is 0 Å². The Balaban J connectivity index is 1.98. The highest BCUT2D eigenvalue weighted by atomic mass is 16.6. The lowest BCUT2D eigenvalue weighted by molar-refractivity contribution is -0.137. The van der Waals surface area contributed by atoms with Gasteiger partial charge in [-0.2, -0.15) is 0 Å². The van der Waals surface area contributed by atoms with Crippen molar-refractivity contribution in [1.82, 2.24) is 10.2 Å². The molecule has 0 saturated heterocycles. The van der Waals surface area contributed by atoms with Gasteiger partial charge in [-0.25, -0.2) is 4.79 Å². The lowest BCUT2D eigenvalue weighted by atomic mass is 10.00. The van der Waals surface area contributed by atoms with Crippen molar-refractivity contribution in [2.75, 3.05) is 5.32 Å². The first kappa shape index (κ1) is 30.7. The molecule has 0 aliphatic rings. The van der Waals surface area contributed by atoms with Gasteiger partial charge in [0.15, 0.2) is 0 Å². The first-order valence-electron chi connectivity index (χ1n) is 13.4. The van der Waals surface area contributed by atoms with Crippen molar-refractivity contribution in [2.45, 2.75) is 64.6 Å². The monoisotopic (exact) mass is 556 g/mol. The number of fused-ring (bicyclic) bond motifs is 1. The van der Waals surface area contributed by atoms with Crippen LogP contribution in [0.3, 0.4) is 0 Å². The molecule has 0 bridgehead atoms. The van der Waals surface area contributed by atoms with Gasteiger partial charge in [-0.3, -0.25) is 19.3 Å². The van der Waals surface area contributed by atoms with Crippen molar-refractivity contribution >= 4 is 40.3 Å². The Labute approximate surface area is 240 Å². The summed E-state index contributed by atoms with van der Waals surface area (Å²) in [6.07, 6.45) is 5.40. The zero-order valence-corrected chi connectivity index (χ0v) is 23.8. The van der Waals surface area contributed by atoms with Crippen LogP contribution < -0.4 is 16.4 Å². The molecule has 0 radical (unpaired) electrons. The number of nitrogens with two attached hydrogens (primary N) is 1. The summed E-state index contributed by atoms with van der Waals surface area (Å²) in [5, 5.41) is 7.29. The lowest BCUT2D eigenvalue weighted by Crippen LogP contribution is -2.51. The maximum Gasteiger partial charge on any atom is 0.408 e. The molecule has 214 valence electrons. The van der Waals surface area contributed by atoms with Gasteiger partial charge >= 0.3 is 6.09 Å². The molecule has 41 heavy (non-hydrogen) atoms. The van der Waals surface area contributed by atoms with E-state index < -0.39 is 41.5 Å². The lowest BCUT2D eigenvalue weighted by Gasteiger charge is -2.30. The van der Waals surface area contributed by atoms with E-state index in [-0.39, 0.29) is 12.8 Å². The zero-order chi connectivity index (χ0) is 30.2. The minimum Gasteiger partial charge on any atom is -0.444 e. The summed E-state index contributed by atoms with van der Waals surface area (Å²) in [6.45, 7) is 7.02. The molecule has 3 aromatic rings. The number of rotatable bonds is 10. The number of aryl methyl sites for hydroxylation is 1. The molecule has 2 atom stereocenters. The largest absolute Gasteiger partial charge is 0.444 e. The number of amides is 4. The third kappa shape index (κ3) is 8.57. The first-order chi connectivity index (χ1) is 19.4. The Morgan fingerprint density at radius 2 is 1.66 bits per heavy atom. The molecular formula is C32H36N4O5.